The van der Waals surface area contributed by atoms with E-state index in [0.717, 1.165) is 0 Å². The van der Waals surface area contributed by atoms with Gasteiger partial charge in [-0.05, 0) is 12.1 Å². The van der Waals surface area contributed by atoms with Crippen molar-refractivity contribution in [3.05, 3.63) is 30.0 Å². The largest absolute Gasteiger partial charge is 0.393 e. The van der Waals surface area contributed by atoms with Gasteiger partial charge in [-0.1, -0.05) is 6.07 Å². The number of nitrogens with two attached hydrogens (primary N) is 1. The standard InChI is InChI=1S/C9H8F3N3.2ClH/c10-9(11,12)4-6-5-14-15-7(6)2-1-3-8(15)13;;/h1-3,5H,4,13H2;2*1H. The van der Waals surface area contributed by atoms with Crippen molar-refractivity contribution in [3.63, 3.8) is 0 Å². The molecular formula is C9H10Cl2F3N3. The Hall–Kier alpha value is -1.14. The van der Waals surface area contributed by atoms with Crippen LogP contribution >= 0.6 is 24.8 Å². The predicted octanol–water partition coefficient (Wildman–Crippen LogP) is 2.86. The zero-order valence-electron chi connectivity index (χ0n) is 8.44. The monoisotopic (exact) mass is 287 g/mol. The first kappa shape index (κ1) is 15.9. The normalized spacial score (nSPS) is 10.8. The molecular weight excluding hydrogens is 278 g/mol. The van der Waals surface area contributed by atoms with Gasteiger partial charge in [-0.3, -0.25) is 0 Å². The van der Waals surface area contributed by atoms with Crippen molar-refractivity contribution in [1.82, 2.24) is 9.61 Å². The third-order valence-corrected chi connectivity index (χ3v) is 2.04. The van der Waals surface area contributed by atoms with Crippen molar-refractivity contribution < 1.29 is 13.2 Å². The van der Waals surface area contributed by atoms with Crippen LogP contribution < -0.4 is 5.73 Å². The third kappa shape index (κ3) is 3.41. The van der Waals surface area contributed by atoms with Gasteiger partial charge < -0.3 is 5.73 Å². The van der Waals surface area contributed by atoms with Crippen molar-refractivity contribution >= 4 is 36.1 Å². The van der Waals surface area contributed by atoms with E-state index in [4.69, 9.17) is 5.73 Å². The van der Waals surface area contributed by atoms with Gasteiger partial charge in [0.1, 0.15) is 5.82 Å². The topological polar surface area (TPSA) is 43.3 Å². The maximum Gasteiger partial charge on any atom is 0.393 e. The molecule has 2 aromatic rings. The number of halogens is 5. The number of aromatic nitrogens is 2. The van der Waals surface area contributed by atoms with Crippen molar-refractivity contribution in [2.24, 2.45) is 0 Å². The Morgan fingerprint density at radius 1 is 1.24 bits per heavy atom. The number of alkyl halides is 3. The number of fused-ring (bicyclic) bond motifs is 1. The maximum absolute atomic E-state index is 12.2. The Labute approximate surface area is 108 Å². The van der Waals surface area contributed by atoms with Crippen molar-refractivity contribution in [2.75, 3.05) is 5.73 Å². The molecule has 2 rings (SSSR count). The number of anilines is 1. The molecule has 0 radical (unpaired) electrons. The van der Waals surface area contributed by atoms with E-state index in [0.29, 0.717) is 11.3 Å². The van der Waals surface area contributed by atoms with E-state index in [1.165, 1.54) is 10.7 Å². The fourth-order valence-electron chi connectivity index (χ4n) is 1.44. The van der Waals surface area contributed by atoms with Crippen LogP contribution in [0.25, 0.3) is 5.52 Å². The van der Waals surface area contributed by atoms with E-state index in [9.17, 15) is 13.2 Å². The lowest BCUT2D eigenvalue weighted by molar-refractivity contribution is -0.127. The van der Waals surface area contributed by atoms with Gasteiger partial charge in [0.05, 0.1) is 18.1 Å². The minimum absolute atomic E-state index is 0. The summed E-state index contributed by atoms with van der Waals surface area (Å²) >= 11 is 0. The third-order valence-electron chi connectivity index (χ3n) is 2.04. The predicted molar refractivity (Wildman–Crippen MR) is 63.9 cm³/mol. The molecule has 0 unspecified atom stereocenters. The smallest absolute Gasteiger partial charge is 0.384 e. The minimum atomic E-state index is -4.23. The fraction of sp³-hybridized carbons (Fsp3) is 0.222. The van der Waals surface area contributed by atoms with Gasteiger partial charge in [-0.25, -0.2) is 4.52 Å². The van der Waals surface area contributed by atoms with Gasteiger partial charge in [0, 0.05) is 5.56 Å². The molecule has 0 aliphatic heterocycles. The molecule has 2 aromatic heterocycles. The Morgan fingerprint density at radius 2 is 1.88 bits per heavy atom. The van der Waals surface area contributed by atoms with Crippen LogP contribution in [-0.4, -0.2) is 15.8 Å². The molecule has 0 spiro atoms. The van der Waals surface area contributed by atoms with Gasteiger partial charge in [-0.15, -0.1) is 24.8 Å². The molecule has 0 aliphatic carbocycles. The highest BCUT2D eigenvalue weighted by Crippen LogP contribution is 2.24. The SMILES string of the molecule is Cl.Cl.Nc1cccc2c(CC(F)(F)F)cnn12. The highest BCUT2D eigenvalue weighted by molar-refractivity contribution is 5.85. The summed E-state index contributed by atoms with van der Waals surface area (Å²) in [6, 6.07) is 4.74. The summed E-state index contributed by atoms with van der Waals surface area (Å²) in [6.07, 6.45) is -4.02. The number of hydrogen-bond donors (Lipinski definition) is 1. The molecule has 3 nitrogen and oxygen atoms in total. The quantitative estimate of drug-likeness (QED) is 0.876. The highest BCUT2D eigenvalue weighted by atomic mass is 35.5. The van der Waals surface area contributed by atoms with Crippen LogP contribution in [-0.2, 0) is 6.42 Å². The molecule has 96 valence electrons. The summed E-state index contributed by atoms with van der Waals surface area (Å²) in [5, 5.41) is 3.79. The lowest BCUT2D eigenvalue weighted by Crippen LogP contribution is -2.11. The first-order valence-corrected chi connectivity index (χ1v) is 4.25. The van der Waals surface area contributed by atoms with Gasteiger partial charge in [0.25, 0.3) is 0 Å². The van der Waals surface area contributed by atoms with Crippen molar-refractivity contribution in [2.45, 2.75) is 12.6 Å². The van der Waals surface area contributed by atoms with E-state index in [1.54, 1.807) is 18.2 Å². The van der Waals surface area contributed by atoms with Crippen LogP contribution in [0.4, 0.5) is 19.0 Å². The van der Waals surface area contributed by atoms with E-state index >= 15 is 0 Å². The molecule has 0 saturated carbocycles. The summed E-state index contributed by atoms with van der Waals surface area (Å²) < 4.78 is 37.8. The Morgan fingerprint density at radius 3 is 2.47 bits per heavy atom. The second-order valence-electron chi connectivity index (χ2n) is 3.21. The average Bonchev–Trinajstić information content (AvgIpc) is 2.48. The van der Waals surface area contributed by atoms with Gasteiger partial charge in [0.2, 0.25) is 0 Å². The zero-order chi connectivity index (χ0) is 11.1. The second-order valence-corrected chi connectivity index (χ2v) is 3.21. The Bertz CT molecular complexity index is 496. The first-order valence-electron chi connectivity index (χ1n) is 4.25. The Kier molecular flexibility index (Phi) is 5.10. The van der Waals surface area contributed by atoms with E-state index in [-0.39, 0.29) is 30.4 Å². The summed E-state index contributed by atoms with van der Waals surface area (Å²) in [4.78, 5) is 0. The van der Waals surface area contributed by atoms with Gasteiger partial charge >= 0.3 is 6.18 Å². The van der Waals surface area contributed by atoms with E-state index < -0.39 is 12.6 Å². The average molecular weight is 288 g/mol. The van der Waals surface area contributed by atoms with Crippen LogP contribution in [0.1, 0.15) is 5.56 Å². The lowest BCUT2D eigenvalue weighted by Gasteiger charge is -2.04. The second kappa shape index (κ2) is 5.46. The molecule has 8 heteroatoms. The molecule has 2 heterocycles. The Balaban J connectivity index is 0.00000128. The van der Waals surface area contributed by atoms with Gasteiger partial charge in [-0.2, -0.15) is 18.3 Å². The molecule has 0 aromatic carbocycles. The number of hydrogen-bond acceptors (Lipinski definition) is 2. The molecule has 0 amide bonds. The number of nitrogens with zero attached hydrogens (tertiary/aromatic N) is 2. The molecule has 17 heavy (non-hydrogen) atoms. The number of pyridine rings is 1. The van der Waals surface area contributed by atoms with Crippen LogP contribution in [0.2, 0.25) is 0 Å². The van der Waals surface area contributed by atoms with Crippen LogP contribution in [0, 0.1) is 0 Å². The summed E-state index contributed by atoms with van der Waals surface area (Å²) in [6.45, 7) is 0. The van der Waals surface area contributed by atoms with Crippen LogP contribution in [0.3, 0.4) is 0 Å². The number of rotatable bonds is 1. The molecule has 0 fully saturated rings. The minimum Gasteiger partial charge on any atom is -0.384 e. The summed E-state index contributed by atoms with van der Waals surface area (Å²) in [5.41, 5.74) is 6.08. The van der Waals surface area contributed by atoms with E-state index in [1.807, 2.05) is 0 Å². The number of nitrogen functional groups attached to an aromatic ring is 1. The van der Waals surface area contributed by atoms with Crippen LogP contribution in [0.15, 0.2) is 24.4 Å². The fourth-order valence-corrected chi connectivity index (χ4v) is 1.44. The lowest BCUT2D eigenvalue weighted by atomic mass is 10.2. The highest BCUT2D eigenvalue weighted by Gasteiger charge is 2.29. The molecule has 2 N–H and O–H groups in total. The molecule has 0 aliphatic rings. The zero-order valence-corrected chi connectivity index (χ0v) is 10.1. The van der Waals surface area contributed by atoms with E-state index in [2.05, 4.69) is 5.10 Å². The molecule has 0 atom stereocenters. The molecule has 0 bridgehead atoms. The van der Waals surface area contributed by atoms with Crippen LogP contribution in [0.5, 0.6) is 0 Å². The summed E-state index contributed by atoms with van der Waals surface area (Å²) in [7, 11) is 0. The molecule has 0 saturated heterocycles. The first-order chi connectivity index (χ1) is 6.97. The van der Waals surface area contributed by atoms with Crippen molar-refractivity contribution in [1.29, 1.82) is 0 Å². The maximum atomic E-state index is 12.2. The summed E-state index contributed by atoms with van der Waals surface area (Å²) in [5.74, 6) is 0.320. The van der Waals surface area contributed by atoms with Crippen molar-refractivity contribution in [3.8, 4) is 0 Å². The van der Waals surface area contributed by atoms with Gasteiger partial charge in [0.15, 0.2) is 0 Å².